The molecule has 0 bridgehead atoms. The first kappa shape index (κ1) is 16.0. The predicted molar refractivity (Wildman–Crippen MR) is 90.8 cm³/mol. The molecule has 2 aliphatic carbocycles. The molecule has 0 radical (unpaired) electrons. The third-order valence-corrected chi connectivity index (χ3v) is 6.86. The quantitative estimate of drug-likeness (QED) is 0.814. The van der Waals surface area contributed by atoms with Gasteiger partial charge in [0.05, 0.1) is 16.9 Å². The van der Waals surface area contributed by atoms with E-state index in [1.807, 2.05) is 0 Å². The minimum Gasteiger partial charge on any atom is -0.244 e. The topological polar surface area (TPSA) is 30.7 Å². The third kappa shape index (κ3) is 2.51. The van der Waals surface area contributed by atoms with Gasteiger partial charge in [-0.2, -0.15) is 0 Å². The monoisotopic (exact) mass is 303 g/mol. The van der Waals surface area contributed by atoms with Crippen molar-refractivity contribution in [1.29, 1.82) is 0 Å². The maximum Gasteiger partial charge on any atom is 0.0859 e. The van der Waals surface area contributed by atoms with Gasteiger partial charge in [-0.05, 0) is 69.1 Å². The summed E-state index contributed by atoms with van der Waals surface area (Å²) in [6.45, 7) is 14.1. The van der Waals surface area contributed by atoms with Crippen LogP contribution in [0.3, 0.4) is 0 Å². The predicted octanol–water partition coefficient (Wildman–Crippen LogP) is 4.60. The van der Waals surface area contributed by atoms with E-state index in [0.717, 1.165) is 30.6 Å². The summed E-state index contributed by atoms with van der Waals surface area (Å²) >= 11 is 0. The van der Waals surface area contributed by atoms with Gasteiger partial charge in [-0.1, -0.05) is 39.3 Å². The van der Waals surface area contributed by atoms with Crippen molar-refractivity contribution in [3.05, 3.63) is 11.4 Å². The minimum atomic E-state index is 0.0881. The summed E-state index contributed by atoms with van der Waals surface area (Å²) in [5, 5.41) is 9.06. The van der Waals surface area contributed by atoms with Crippen molar-refractivity contribution in [2.75, 3.05) is 0 Å². The van der Waals surface area contributed by atoms with Crippen LogP contribution in [0.15, 0.2) is 0 Å². The summed E-state index contributed by atoms with van der Waals surface area (Å²) in [7, 11) is 0. The zero-order valence-electron chi connectivity index (χ0n) is 15.3. The van der Waals surface area contributed by atoms with Crippen molar-refractivity contribution in [1.82, 2.24) is 15.0 Å². The number of aryl methyl sites for hydroxylation is 1. The Morgan fingerprint density at radius 3 is 2.23 bits per heavy atom. The van der Waals surface area contributed by atoms with E-state index in [-0.39, 0.29) is 5.54 Å². The second-order valence-corrected chi connectivity index (χ2v) is 8.83. The van der Waals surface area contributed by atoms with Crippen molar-refractivity contribution in [3.8, 4) is 0 Å². The Balaban J connectivity index is 1.80. The fraction of sp³-hybridized carbons (Fsp3) is 0.895. The van der Waals surface area contributed by atoms with Gasteiger partial charge in [0.15, 0.2) is 0 Å². The van der Waals surface area contributed by atoms with Crippen LogP contribution in [-0.4, -0.2) is 15.0 Å². The fourth-order valence-electron chi connectivity index (χ4n) is 4.65. The molecule has 2 aliphatic rings. The number of nitrogens with zero attached hydrogens (tertiary/aromatic N) is 3. The summed E-state index contributed by atoms with van der Waals surface area (Å²) in [4.78, 5) is 0. The highest BCUT2D eigenvalue weighted by atomic mass is 15.5. The van der Waals surface area contributed by atoms with E-state index in [1.54, 1.807) is 0 Å². The van der Waals surface area contributed by atoms with Crippen LogP contribution in [0.4, 0.5) is 0 Å². The Labute approximate surface area is 135 Å². The first-order valence-corrected chi connectivity index (χ1v) is 9.25. The van der Waals surface area contributed by atoms with Gasteiger partial charge >= 0.3 is 0 Å². The normalized spacial score (nSPS) is 28.5. The molecule has 1 fully saturated rings. The molecule has 0 N–H and O–H groups in total. The lowest BCUT2D eigenvalue weighted by molar-refractivity contribution is 0.265. The molecular formula is C19H33N3. The minimum absolute atomic E-state index is 0.0881. The summed E-state index contributed by atoms with van der Waals surface area (Å²) in [5.74, 6) is 2.81. The molecule has 0 saturated heterocycles. The fourth-order valence-corrected chi connectivity index (χ4v) is 4.65. The Bertz CT molecular complexity index is 541. The molecule has 3 atom stereocenters. The average Bonchev–Trinajstić information content (AvgIpc) is 3.01. The van der Waals surface area contributed by atoms with Crippen LogP contribution in [0.1, 0.15) is 78.6 Å². The first-order valence-electron chi connectivity index (χ1n) is 9.25. The Morgan fingerprint density at radius 2 is 1.64 bits per heavy atom. The van der Waals surface area contributed by atoms with Crippen molar-refractivity contribution in [2.24, 2.45) is 23.2 Å². The highest BCUT2D eigenvalue weighted by Gasteiger charge is 2.55. The Hall–Kier alpha value is -0.860. The van der Waals surface area contributed by atoms with E-state index in [4.69, 9.17) is 0 Å². The molecule has 0 amide bonds. The maximum atomic E-state index is 4.55. The van der Waals surface area contributed by atoms with Gasteiger partial charge in [0.2, 0.25) is 0 Å². The van der Waals surface area contributed by atoms with Gasteiger partial charge in [-0.3, -0.25) is 0 Å². The van der Waals surface area contributed by atoms with Crippen molar-refractivity contribution in [2.45, 2.75) is 85.6 Å². The lowest BCUT2D eigenvalue weighted by Gasteiger charge is -2.26. The maximum absolute atomic E-state index is 4.55. The molecule has 1 aromatic rings. The number of fused-ring (bicyclic) bond motifs is 2. The van der Waals surface area contributed by atoms with E-state index >= 15 is 0 Å². The van der Waals surface area contributed by atoms with Crippen LogP contribution in [0.25, 0.3) is 0 Å². The Morgan fingerprint density at radius 1 is 1.00 bits per heavy atom. The number of aromatic nitrogens is 3. The smallest absolute Gasteiger partial charge is 0.0859 e. The van der Waals surface area contributed by atoms with Gasteiger partial charge < -0.3 is 0 Å². The van der Waals surface area contributed by atoms with Crippen LogP contribution in [0.2, 0.25) is 0 Å². The molecule has 0 aromatic carbocycles. The number of hydrogen-bond acceptors (Lipinski definition) is 2. The molecule has 0 spiro atoms. The first-order chi connectivity index (χ1) is 10.3. The van der Waals surface area contributed by atoms with Crippen LogP contribution < -0.4 is 0 Å². The molecule has 22 heavy (non-hydrogen) atoms. The highest BCUT2D eigenvalue weighted by molar-refractivity contribution is 5.17. The second-order valence-electron chi connectivity index (χ2n) is 8.83. The van der Waals surface area contributed by atoms with Crippen LogP contribution in [-0.2, 0) is 18.4 Å². The summed E-state index contributed by atoms with van der Waals surface area (Å²) in [6.07, 6.45) is 7.35. The third-order valence-electron chi connectivity index (χ3n) is 6.86. The van der Waals surface area contributed by atoms with E-state index in [1.165, 1.54) is 37.1 Å². The van der Waals surface area contributed by atoms with Crippen molar-refractivity contribution >= 4 is 0 Å². The molecule has 1 saturated carbocycles. The molecule has 3 heteroatoms. The molecule has 1 aromatic heterocycles. The summed E-state index contributed by atoms with van der Waals surface area (Å²) in [5.41, 5.74) is 3.30. The summed E-state index contributed by atoms with van der Waals surface area (Å²) < 4.78 is 2.23. The number of hydrogen-bond donors (Lipinski definition) is 0. The average molecular weight is 303 g/mol. The van der Waals surface area contributed by atoms with E-state index in [2.05, 4.69) is 56.5 Å². The molecule has 3 rings (SSSR count). The molecule has 0 aliphatic heterocycles. The summed E-state index contributed by atoms with van der Waals surface area (Å²) in [6, 6.07) is 0. The van der Waals surface area contributed by atoms with E-state index in [0.29, 0.717) is 5.41 Å². The zero-order chi connectivity index (χ0) is 16.1. The lowest BCUT2D eigenvalue weighted by Crippen LogP contribution is -2.29. The SMILES string of the molecule is CCC(C)(C)C1[C@H]2CCc3nnn(C(C)(C)CC)c3CC[C@@H]12. The van der Waals surface area contributed by atoms with Gasteiger partial charge in [0, 0.05) is 0 Å². The van der Waals surface area contributed by atoms with Gasteiger partial charge in [-0.25, -0.2) is 4.68 Å². The Kier molecular flexibility index (Phi) is 3.89. The van der Waals surface area contributed by atoms with Crippen LogP contribution in [0.5, 0.6) is 0 Å². The van der Waals surface area contributed by atoms with Crippen LogP contribution >= 0.6 is 0 Å². The molecule has 1 heterocycles. The van der Waals surface area contributed by atoms with Gasteiger partial charge in [0.25, 0.3) is 0 Å². The van der Waals surface area contributed by atoms with Crippen molar-refractivity contribution in [3.63, 3.8) is 0 Å². The van der Waals surface area contributed by atoms with E-state index in [9.17, 15) is 0 Å². The van der Waals surface area contributed by atoms with Crippen LogP contribution in [0, 0.1) is 23.2 Å². The molecule has 124 valence electrons. The largest absolute Gasteiger partial charge is 0.244 e. The molecule has 1 unspecified atom stereocenters. The highest BCUT2D eigenvalue weighted by Crippen LogP contribution is 2.61. The molecule has 3 nitrogen and oxygen atoms in total. The van der Waals surface area contributed by atoms with Gasteiger partial charge in [0.1, 0.15) is 0 Å². The standard InChI is InChI=1S/C19H33N3/c1-7-18(3,4)17-13-9-11-15-16(12-10-14(13)17)22(21-20-15)19(5,6)8-2/h13-14,17H,7-12H2,1-6H3/t13-,14+,17?/m0/s1. The van der Waals surface area contributed by atoms with E-state index < -0.39 is 0 Å². The molecular weight excluding hydrogens is 270 g/mol. The van der Waals surface area contributed by atoms with Crippen molar-refractivity contribution < 1.29 is 0 Å². The zero-order valence-corrected chi connectivity index (χ0v) is 15.3. The lowest BCUT2D eigenvalue weighted by atomic mass is 9.82. The van der Waals surface area contributed by atoms with Gasteiger partial charge in [-0.15, -0.1) is 5.10 Å². The number of rotatable bonds is 4. The second kappa shape index (κ2) is 5.35.